The Morgan fingerprint density at radius 1 is 0.875 bits per heavy atom. The van der Waals surface area contributed by atoms with Crippen LogP contribution in [0.1, 0.15) is 5.56 Å². The summed E-state index contributed by atoms with van der Waals surface area (Å²) in [4.78, 5) is 0. The van der Waals surface area contributed by atoms with Crippen molar-refractivity contribution in [1.82, 2.24) is 0 Å². The molecule has 0 N–H and O–H groups in total. The molecule has 1 nitrogen and oxygen atoms in total. The second kappa shape index (κ2) is 5.17. The van der Waals surface area contributed by atoms with E-state index in [0.717, 1.165) is 17.1 Å². The number of para-hydroxylation sites is 1. The Balaban J connectivity index is 2.19. The van der Waals surface area contributed by atoms with Crippen LogP contribution in [0, 0.1) is 6.92 Å². The highest BCUT2D eigenvalue weighted by Gasteiger charge is 1.96. The zero-order valence-electron chi connectivity index (χ0n) is 8.97. The quantitative estimate of drug-likeness (QED) is 0.731. The highest BCUT2D eigenvalue weighted by Crippen LogP contribution is 2.22. The van der Waals surface area contributed by atoms with Gasteiger partial charge in [-0.25, -0.2) is 0 Å². The Kier molecular flexibility index (Phi) is 3.39. The zero-order valence-corrected chi connectivity index (χ0v) is 8.97. The fourth-order valence-corrected chi connectivity index (χ4v) is 1.44. The molecule has 0 aliphatic rings. The standard InChI is InChI=1S/C15H13O/c1-2-7-13-8-6-11-15(12-13)16-14-9-4-3-5-10-14/h2-12H,1H2. The molecule has 1 heteroatoms. The average Bonchev–Trinajstić information content (AvgIpc) is 2.31. The first-order valence-electron chi connectivity index (χ1n) is 5.17. The van der Waals surface area contributed by atoms with Crippen LogP contribution in [0.25, 0.3) is 6.08 Å². The Hall–Kier alpha value is -2.02. The summed E-state index contributed by atoms with van der Waals surface area (Å²) in [6.07, 6.45) is 3.71. The van der Waals surface area contributed by atoms with Crippen LogP contribution >= 0.6 is 0 Å². The van der Waals surface area contributed by atoms with Crippen LogP contribution in [0.2, 0.25) is 0 Å². The van der Waals surface area contributed by atoms with Gasteiger partial charge in [-0.15, -0.1) is 0 Å². The van der Waals surface area contributed by atoms with Crippen LogP contribution in [0.4, 0.5) is 0 Å². The van der Waals surface area contributed by atoms with Gasteiger partial charge in [-0.2, -0.15) is 0 Å². The van der Waals surface area contributed by atoms with Gasteiger partial charge in [0.2, 0.25) is 0 Å². The van der Waals surface area contributed by atoms with Crippen molar-refractivity contribution in [2.45, 2.75) is 0 Å². The summed E-state index contributed by atoms with van der Waals surface area (Å²) in [5.41, 5.74) is 1.09. The van der Waals surface area contributed by atoms with E-state index in [1.54, 1.807) is 6.08 Å². The summed E-state index contributed by atoms with van der Waals surface area (Å²) in [6, 6.07) is 17.6. The molecule has 2 rings (SSSR count). The van der Waals surface area contributed by atoms with Crippen molar-refractivity contribution in [3.63, 3.8) is 0 Å². The molecule has 2 aromatic rings. The summed E-state index contributed by atoms with van der Waals surface area (Å²) >= 11 is 0. The van der Waals surface area contributed by atoms with Crippen LogP contribution in [-0.2, 0) is 0 Å². The lowest BCUT2D eigenvalue weighted by Crippen LogP contribution is -1.83. The Bertz CT molecular complexity index is 472. The number of hydrogen-bond donors (Lipinski definition) is 0. The average molecular weight is 209 g/mol. The number of rotatable bonds is 3. The lowest BCUT2D eigenvalue weighted by atomic mass is 10.2. The normalized spacial score (nSPS) is 10.6. The molecule has 0 fully saturated rings. The third-order valence-corrected chi connectivity index (χ3v) is 2.15. The molecule has 0 heterocycles. The molecule has 2 aromatic carbocycles. The van der Waals surface area contributed by atoms with Crippen molar-refractivity contribution < 1.29 is 4.74 Å². The van der Waals surface area contributed by atoms with Gasteiger partial charge in [0.05, 0.1) is 0 Å². The molecular weight excluding hydrogens is 196 g/mol. The maximum absolute atomic E-state index is 5.71. The minimum atomic E-state index is 0.835. The largest absolute Gasteiger partial charge is 0.457 e. The van der Waals surface area contributed by atoms with Gasteiger partial charge >= 0.3 is 0 Å². The van der Waals surface area contributed by atoms with E-state index in [9.17, 15) is 0 Å². The van der Waals surface area contributed by atoms with Crippen molar-refractivity contribution >= 4 is 6.08 Å². The molecule has 0 aliphatic heterocycles. The molecule has 0 unspecified atom stereocenters. The topological polar surface area (TPSA) is 9.23 Å². The number of benzene rings is 2. The van der Waals surface area contributed by atoms with Gasteiger partial charge in [-0.1, -0.05) is 42.5 Å². The maximum atomic E-state index is 5.71. The van der Waals surface area contributed by atoms with Crippen LogP contribution < -0.4 is 4.74 Å². The van der Waals surface area contributed by atoms with E-state index < -0.39 is 0 Å². The van der Waals surface area contributed by atoms with Crippen molar-refractivity contribution in [1.29, 1.82) is 0 Å². The number of ether oxygens (including phenoxy) is 1. The summed E-state index contributed by atoms with van der Waals surface area (Å²) in [5.74, 6) is 1.68. The van der Waals surface area contributed by atoms with E-state index >= 15 is 0 Å². The predicted molar refractivity (Wildman–Crippen MR) is 67.3 cm³/mol. The van der Waals surface area contributed by atoms with Crippen LogP contribution in [0.5, 0.6) is 11.5 Å². The molecule has 0 spiro atoms. The van der Waals surface area contributed by atoms with Gasteiger partial charge < -0.3 is 4.74 Å². The van der Waals surface area contributed by atoms with Gasteiger partial charge in [-0.3, -0.25) is 0 Å². The van der Waals surface area contributed by atoms with Crippen LogP contribution in [0.15, 0.2) is 60.7 Å². The lowest BCUT2D eigenvalue weighted by molar-refractivity contribution is 0.482. The molecule has 1 radical (unpaired) electrons. The molecule has 0 saturated carbocycles. The summed E-state index contributed by atoms with van der Waals surface area (Å²) in [6.45, 7) is 3.67. The second-order valence-electron chi connectivity index (χ2n) is 3.39. The molecule has 0 aromatic heterocycles. The fourth-order valence-electron chi connectivity index (χ4n) is 1.44. The Labute approximate surface area is 96.0 Å². The molecule has 16 heavy (non-hydrogen) atoms. The Morgan fingerprint density at radius 3 is 2.38 bits per heavy atom. The molecule has 0 aliphatic carbocycles. The molecule has 0 amide bonds. The first-order valence-corrected chi connectivity index (χ1v) is 5.17. The Morgan fingerprint density at radius 2 is 1.62 bits per heavy atom. The van der Waals surface area contributed by atoms with Gasteiger partial charge in [0, 0.05) is 0 Å². The van der Waals surface area contributed by atoms with Crippen molar-refractivity contribution in [2.24, 2.45) is 0 Å². The fraction of sp³-hybridized carbons (Fsp3) is 0. The highest BCUT2D eigenvalue weighted by atomic mass is 16.5. The van der Waals surface area contributed by atoms with E-state index in [2.05, 4.69) is 6.92 Å². The molecule has 0 saturated heterocycles. The summed E-state index contributed by atoms with van der Waals surface area (Å²) in [5, 5.41) is 0. The smallest absolute Gasteiger partial charge is 0.128 e. The first kappa shape index (κ1) is 10.5. The molecule has 0 atom stereocenters. The monoisotopic (exact) mass is 209 g/mol. The second-order valence-corrected chi connectivity index (χ2v) is 3.39. The number of allylic oxidation sites excluding steroid dienone is 1. The van der Waals surface area contributed by atoms with Gasteiger partial charge in [0.1, 0.15) is 11.5 Å². The van der Waals surface area contributed by atoms with Crippen LogP contribution in [0.3, 0.4) is 0 Å². The van der Waals surface area contributed by atoms with Crippen molar-refractivity contribution in [3.05, 3.63) is 73.2 Å². The van der Waals surface area contributed by atoms with Crippen molar-refractivity contribution in [2.75, 3.05) is 0 Å². The maximum Gasteiger partial charge on any atom is 0.128 e. The highest BCUT2D eigenvalue weighted by molar-refractivity contribution is 5.52. The summed E-state index contributed by atoms with van der Waals surface area (Å²) < 4.78 is 5.71. The van der Waals surface area contributed by atoms with Gasteiger partial charge in [0.25, 0.3) is 0 Å². The first-order chi connectivity index (χ1) is 7.88. The number of hydrogen-bond acceptors (Lipinski definition) is 1. The van der Waals surface area contributed by atoms with Crippen molar-refractivity contribution in [3.8, 4) is 11.5 Å². The zero-order chi connectivity index (χ0) is 11.2. The third-order valence-electron chi connectivity index (χ3n) is 2.15. The van der Waals surface area contributed by atoms with Gasteiger partial charge in [-0.05, 0) is 36.8 Å². The molecule has 79 valence electrons. The van der Waals surface area contributed by atoms with E-state index in [0.29, 0.717) is 0 Å². The SMILES string of the molecule is [CH2]C=Cc1cccc(Oc2ccccc2)c1. The van der Waals surface area contributed by atoms with Crippen LogP contribution in [-0.4, -0.2) is 0 Å². The lowest BCUT2D eigenvalue weighted by Gasteiger charge is -2.05. The van der Waals surface area contributed by atoms with Gasteiger partial charge in [0.15, 0.2) is 0 Å². The molecular formula is C15H13O. The van der Waals surface area contributed by atoms with E-state index in [1.165, 1.54) is 0 Å². The van der Waals surface area contributed by atoms with E-state index in [1.807, 2.05) is 60.7 Å². The minimum absolute atomic E-state index is 0.835. The molecule has 0 bridgehead atoms. The van der Waals surface area contributed by atoms with E-state index in [-0.39, 0.29) is 0 Å². The predicted octanol–water partition coefficient (Wildman–Crippen LogP) is 4.33. The summed E-state index contributed by atoms with van der Waals surface area (Å²) in [7, 11) is 0. The van der Waals surface area contributed by atoms with E-state index in [4.69, 9.17) is 4.74 Å². The minimum Gasteiger partial charge on any atom is -0.457 e. The third kappa shape index (κ3) is 2.74.